The molecule has 1 aromatic heterocycles. The van der Waals surface area contributed by atoms with Gasteiger partial charge >= 0.3 is 0 Å². The Morgan fingerprint density at radius 3 is 2.84 bits per heavy atom. The third-order valence-corrected chi connectivity index (χ3v) is 3.92. The van der Waals surface area contributed by atoms with Gasteiger partial charge in [-0.25, -0.2) is 0 Å². The van der Waals surface area contributed by atoms with E-state index in [9.17, 15) is 9.59 Å². The molecule has 0 unspecified atom stereocenters. The largest absolute Gasteiger partial charge is 0.352 e. The molecule has 4 nitrogen and oxygen atoms in total. The van der Waals surface area contributed by atoms with E-state index < -0.39 is 0 Å². The zero-order valence-electron chi connectivity index (χ0n) is 11.5. The first-order valence-electron chi connectivity index (χ1n) is 7.11. The summed E-state index contributed by atoms with van der Waals surface area (Å²) in [5, 5.41) is 2.88. The highest BCUT2D eigenvalue weighted by atomic mass is 16.2. The molecule has 1 aromatic rings. The van der Waals surface area contributed by atoms with Crippen molar-refractivity contribution in [1.82, 2.24) is 9.88 Å². The Kier molecular flexibility index (Phi) is 4.77. The number of amides is 1. The van der Waals surface area contributed by atoms with Gasteiger partial charge in [-0.05, 0) is 24.8 Å². The first kappa shape index (κ1) is 13.8. The van der Waals surface area contributed by atoms with Gasteiger partial charge < -0.3 is 9.88 Å². The number of carbonyl (C=O) groups excluding carboxylic acids is 1. The fourth-order valence-corrected chi connectivity index (χ4v) is 2.68. The van der Waals surface area contributed by atoms with Gasteiger partial charge in [0.15, 0.2) is 0 Å². The zero-order valence-corrected chi connectivity index (χ0v) is 11.5. The number of nitrogens with zero attached hydrogens (tertiary/aromatic N) is 1. The Morgan fingerprint density at radius 2 is 2.16 bits per heavy atom. The molecule has 0 spiro atoms. The van der Waals surface area contributed by atoms with Crippen molar-refractivity contribution in [1.29, 1.82) is 0 Å². The predicted molar refractivity (Wildman–Crippen MR) is 75.2 cm³/mol. The van der Waals surface area contributed by atoms with Crippen molar-refractivity contribution >= 4 is 5.91 Å². The molecule has 0 saturated heterocycles. The first-order chi connectivity index (χ1) is 9.16. The van der Waals surface area contributed by atoms with E-state index in [1.165, 1.54) is 42.7 Å². The maximum atomic E-state index is 11.8. The Morgan fingerprint density at radius 1 is 1.42 bits per heavy atom. The van der Waals surface area contributed by atoms with Crippen LogP contribution in [0.4, 0.5) is 0 Å². The normalized spacial score (nSPS) is 15.6. The molecule has 0 atom stereocenters. The molecule has 4 heteroatoms. The monoisotopic (exact) mass is 262 g/mol. The number of hydrogen-bond donors (Lipinski definition) is 1. The summed E-state index contributed by atoms with van der Waals surface area (Å²) in [6.45, 7) is 0.699. The molecule has 0 radical (unpaired) electrons. The van der Waals surface area contributed by atoms with Gasteiger partial charge in [-0.1, -0.05) is 25.7 Å². The van der Waals surface area contributed by atoms with Crippen LogP contribution in [-0.4, -0.2) is 17.0 Å². The van der Waals surface area contributed by atoms with Gasteiger partial charge in [-0.2, -0.15) is 0 Å². The molecule has 0 aromatic carbocycles. The lowest BCUT2D eigenvalue weighted by atomic mass is 10.0. The van der Waals surface area contributed by atoms with Crippen LogP contribution < -0.4 is 10.9 Å². The van der Waals surface area contributed by atoms with Crippen molar-refractivity contribution in [3.63, 3.8) is 0 Å². The van der Waals surface area contributed by atoms with Gasteiger partial charge in [0.2, 0.25) is 0 Å². The van der Waals surface area contributed by atoms with Crippen LogP contribution in [0.25, 0.3) is 0 Å². The zero-order chi connectivity index (χ0) is 13.7. The highest BCUT2D eigenvalue weighted by Gasteiger charge is 2.14. The third-order valence-electron chi connectivity index (χ3n) is 3.92. The molecule has 1 heterocycles. The second-order valence-electron chi connectivity index (χ2n) is 5.41. The lowest BCUT2D eigenvalue weighted by Gasteiger charge is -2.09. The summed E-state index contributed by atoms with van der Waals surface area (Å²) in [7, 11) is 1.67. The standard InChI is InChI=1S/C15H22N2O2/c1-17-10-8-13(11-14(17)18)15(19)16-9-4-7-12-5-2-3-6-12/h8,10-12H,2-7,9H2,1H3,(H,16,19). The molecule has 19 heavy (non-hydrogen) atoms. The lowest BCUT2D eigenvalue weighted by Crippen LogP contribution is -2.27. The Labute approximate surface area is 113 Å². The molecule has 104 valence electrons. The van der Waals surface area contributed by atoms with E-state index in [-0.39, 0.29) is 11.5 Å². The summed E-state index contributed by atoms with van der Waals surface area (Å²) in [5.74, 6) is 0.713. The van der Waals surface area contributed by atoms with Crippen LogP contribution in [0.3, 0.4) is 0 Å². The highest BCUT2D eigenvalue weighted by Crippen LogP contribution is 2.28. The van der Waals surface area contributed by atoms with E-state index in [1.54, 1.807) is 19.3 Å². The molecule has 2 rings (SSSR count). The summed E-state index contributed by atoms with van der Waals surface area (Å²) < 4.78 is 1.46. The number of hydrogen-bond acceptors (Lipinski definition) is 2. The van der Waals surface area contributed by atoms with E-state index in [0.717, 1.165) is 12.3 Å². The number of nitrogens with one attached hydrogen (secondary N) is 1. The van der Waals surface area contributed by atoms with Crippen LogP contribution in [-0.2, 0) is 7.05 Å². The second kappa shape index (κ2) is 6.55. The van der Waals surface area contributed by atoms with Crippen molar-refractivity contribution in [2.75, 3.05) is 6.54 Å². The first-order valence-corrected chi connectivity index (χ1v) is 7.11. The molecule has 1 saturated carbocycles. The number of aryl methyl sites for hydroxylation is 1. The van der Waals surface area contributed by atoms with Crippen LogP contribution in [0.15, 0.2) is 23.1 Å². The van der Waals surface area contributed by atoms with Crippen LogP contribution in [0, 0.1) is 5.92 Å². The average molecular weight is 262 g/mol. The Balaban J connectivity index is 1.74. The van der Waals surface area contributed by atoms with Crippen LogP contribution in [0.2, 0.25) is 0 Å². The van der Waals surface area contributed by atoms with Crippen molar-refractivity contribution in [3.05, 3.63) is 34.2 Å². The van der Waals surface area contributed by atoms with E-state index in [1.807, 2.05) is 0 Å². The maximum absolute atomic E-state index is 11.8. The summed E-state index contributed by atoms with van der Waals surface area (Å²) in [4.78, 5) is 23.3. The van der Waals surface area contributed by atoms with Gasteiger partial charge in [0.1, 0.15) is 0 Å². The highest BCUT2D eigenvalue weighted by molar-refractivity contribution is 5.93. The van der Waals surface area contributed by atoms with E-state index in [4.69, 9.17) is 0 Å². The number of carbonyl (C=O) groups is 1. The van der Waals surface area contributed by atoms with Crippen LogP contribution in [0.1, 0.15) is 48.9 Å². The number of pyridine rings is 1. The number of aromatic nitrogens is 1. The van der Waals surface area contributed by atoms with Gasteiger partial charge in [-0.3, -0.25) is 9.59 Å². The minimum atomic E-state index is -0.154. The Bertz CT molecular complexity index is 487. The van der Waals surface area contributed by atoms with Crippen LogP contribution >= 0.6 is 0 Å². The molecule has 1 aliphatic rings. The van der Waals surface area contributed by atoms with Crippen molar-refractivity contribution < 1.29 is 4.79 Å². The second-order valence-corrected chi connectivity index (χ2v) is 5.41. The molecule has 1 N–H and O–H groups in total. The minimum absolute atomic E-state index is 0.149. The van der Waals surface area contributed by atoms with Gasteiger partial charge in [0.25, 0.3) is 11.5 Å². The predicted octanol–water partition coefficient (Wildman–Crippen LogP) is 2.09. The maximum Gasteiger partial charge on any atom is 0.251 e. The quantitative estimate of drug-likeness (QED) is 0.826. The van der Waals surface area contributed by atoms with Gasteiger partial charge in [-0.15, -0.1) is 0 Å². The summed E-state index contributed by atoms with van der Waals surface area (Å²) in [6, 6.07) is 3.06. The van der Waals surface area contributed by atoms with Crippen LogP contribution in [0.5, 0.6) is 0 Å². The van der Waals surface area contributed by atoms with E-state index in [2.05, 4.69) is 5.32 Å². The fraction of sp³-hybridized carbons (Fsp3) is 0.600. The van der Waals surface area contributed by atoms with Gasteiger partial charge in [0, 0.05) is 31.4 Å². The average Bonchev–Trinajstić information content (AvgIpc) is 2.91. The molecule has 1 amide bonds. The molecule has 1 aliphatic carbocycles. The van der Waals surface area contributed by atoms with Crippen molar-refractivity contribution in [2.45, 2.75) is 38.5 Å². The fourth-order valence-electron chi connectivity index (χ4n) is 2.68. The van der Waals surface area contributed by atoms with Gasteiger partial charge in [0.05, 0.1) is 0 Å². The summed E-state index contributed by atoms with van der Waals surface area (Å²) in [5.41, 5.74) is 0.294. The molecular weight excluding hydrogens is 240 g/mol. The summed E-state index contributed by atoms with van der Waals surface area (Å²) in [6.07, 6.45) is 9.29. The molecule has 1 fully saturated rings. The molecule has 0 aliphatic heterocycles. The molecule has 0 bridgehead atoms. The topological polar surface area (TPSA) is 51.1 Å². The Hall–Kier alpha value is -1.58. The van der Waals surface area contributed by atoms with E-state index in [0.29, 0.717) is 12.1 Å². The third kappa shape index (κ3) is 3.94. The van der Waals surface area contributed by atoms with E-state index >= 15 is 0 Å². The van der Waals surface area contributed by atoms with Crippen molar-refractivity contribution in [3.8, 4) is 0 Å². The summed E-state index contributed by atoms with van der Waals surface area (Å²) >= 11 is 0. The molecular formula is C15H22N2O2. The van der Waals surface area contributed by atoms with Crippen molar-refractivity contribution in [2.24, 2.45) is 13.0 Å². The lowest BCUT2D eigenvalue weighted by molar-refractivity contribution is 0.0952. The minimum Gasteiger partial charge on any atom is -0.352 e. The smallest absolute Gasteiger partial charge is 0.251 e. The number of rotatable bonds is 5. The SMILES string of the molecule is Cn1ccc(C(=O)NCCCC2CCCC2)cc1=O.